The van der Waals surface area contributed by atoms with E-state index in [2.05, 4.69) is 23.3 Å². The smallest absolute Gasteiger partial charge is 0.0733 e. The summed E-state index contributed by atoms with van der Waals surface area (Å²) < 4.78 is 0. The molecule has 0 radical (unpaired) electrons. The van der Waals surface area contributed by atoms with Crippen molar-refractivity contribution in [2.75, 3.05) is 19.6 Å². The monoisotopic (exact) mass is 170 g/mol. The fourth-order valence-corrected chi connectivity index (χ4v) is 2.33. The molecule has 0 amide bonds. The second-order valence-corrected chi connectivity index (χ2v) is 4.63. The lowest BCUT2D eigenvalue weighted by Crippen LogP contribution is -2.37. The number of nitrogens with one attached hydrogen (secondary N) is 1. The standard InChI is InChI=1S/C8H14N2S/c1-7-9-5-8(11-7)6-10-3-2-4-10/h5,7,9H,2-4,6H2,1H3. The average molecular weight is 170 g/mol. The molecule has 2 aliphatic rings. The maximum Gasteiger partial charge on any atom is 0.0733 e. The van der Waals surface area contributed by atoms with Crippen molar-refractivity contribution in [2.24, 2.45) is 0 Å². The molecule has 1 N–H and O–H groups in total. The van der Waals surface area contributed by atoms with E-state index in [-0.39, 0.29) is 0 Å². The minimum Gasteiger partial charge on any atom is -0.378 e. The SMILES string of the molecule is CC1NC=C(CN2CCC2)S1. The number of nitrogens with zero attached hydrogens (tertiary/aromatic N) is 1. The fraction of sp³-hybridized carbons (Fsp3) is 0.750. The van der Waals surface area contributed by atoms with Crippen molar-refractivity contribution < 1.29 is 0 Å². The van der Waals surface area contributed by atoms with Crippen molar-refractivity contribution in [1.82, 2.24) is 10.2 Å². The van der Waals surface area contributed by atoms with Crippen LogP contribution in [0.4, 0.5) is 0 Å². The summed E-state index contributed by atoms with van der Waals surface area (Å²) in [4.78, 5) is 3.98. The summed E-state index contributed by atoms with van der Waals surface area (Å²) in [5.74, 6) is 0. The molecule has 1 atom stereocenters. The first-order chi connectivity index (χ1) is 5.34. The average Bonchev–Trinajstić information content (AvgIpc) is 2.27. The molecule has 0 aromatic carbocycles. The first-order valence-corrected chi connectivity index (χ1v) is 5.07. The molecule has 0 aliphatic carbocycles. The Bertz CT molecular complexity index is 175. The molecule has 1 unspecified atom stereocenters. The number of hydrogen-bond acceptors (Lipinski definition) is 3. The van der Waals surface area contributed by atoms with E-state index in [4.69, 9.17) is 0 Å². The third-order valence-corrected chi connectivity index (χ3v) is 3.17. The molecule has 1 fully saturated rings. The van der Waals surface area contributed by atoms with Gasteiger partial charge in [-0.05, 0) is 26.4 Å². The van der Waals surface area contributed by atoms with Crippen LogP contribution >= 0.6 is 11.8 Å². The Morgan fingerprint density at radius 2 is 2.55 bits per heavy atom. The predicted molar refractivity (Wildman–Crippen MR) is 49.3 cm³/mol. The lowest BCUT2D eigenvalue weighted by molar-refractivity contribution is 0.202. The summed E-state index contributed by atoms with van der Waals surface area (Å²) in [6.07, 6.45) is 3.55. The zero-order valence-electron chi connectivity index (χ0n) is 6.84. The molecule has 0 aromatic heterocycles. The van der Waals surface area contributed by atoms with Crippen LogP contribution in [0.5, 0.6) is 0 Å². The molecular weight excluding hydrogens is 156 g/mol. The quantitative estimate of drug-likeness (QED) is 0.670. The molecule has 3 heteroatoms. The van der Waals surface area contributed by atoms with Crippen molar-refractivity contribution in [1.29, 1.82) is 0 Å². The third kappa shape index (κ3) is 1.71. The summed E-state index contributed by atoms with van der Waals surface area (Å²) >= 11 is 1.95. The predicted octanol–water partition coefficient (Wildman–Crippen LogP) is 1.22. The molecule has 2 rings (SSSR count). The van der Waals surface area contributed by atoms with Gasteiger partial charge < -0.3 is 5.32 Å². The number of thioether (sulfide) groups is 1. The van der Waals surface area contributed by atoms with Crippen LogP contribution in [0.3, 0.4) is 0 Å². The zero-order valence-corrected chi connectivity index (χ0v) is 7.66. The van der Waals surface area contributed by atoms with Crippen LogP contribution in [0, 0.1) is 0 Å². The molecule has 62 valence electrons. The van der Waals surface area contributed by atoms with Gasteiger partial charge in [0.2, 0.25) is 0 Å². The van der Waals surface area contributed by atoms with Crippen LogP contribution in [0.2, 0.25) is 0 Å². The third-order valence-electron chi connectivity index (χ3n) is 2.14. The highest BCUT2D eigenvalue weighted by Crippen LogP contribution is 2.26. The largest absolute Gasteiger partial charge is 0.378 e. The van der Waals surface area contributed by atoms with Gasteiger partial charge in [-0.1, -0.05) is 0 Å². The van der Waals surface area contributed by atoms with Crippen LogP contribution in [0.25, 0.3) is 0 Å². The van der Waals surface area contributed by atoms with Crippen LogP contribution in [0.1, 0.15) is 13.3 Å². The zero-order chi connectivity index (χ0) is 7.68. The molecule has 2 nitrogen and oxygen atoms in total. The first-order valence-electron chi connectivity index (χ1n) is 4.19. The molecule has 2 aliphatic heterocycles. The van der Waals surface area contributed by atoms with Crippen LogP contribution in [0.15, 0.2) is 11.1 Å². The van der Waals surface area contributed by atoms with E-state index in [1.54, 1.807) is 0 Å². The van der Waals surface area contributed by atoms with Gasteiger partial charge in [0.05, 0.1) is 5.37 Å². The maximum absolute atomic E-state index is 3.30. The number of hydrogen-bond donors (Lipinski definition) is 1. The summed E-state index contributed by atoms with van der Waals surface area (Å²) in [5, 5.41) is 3.89. The molecular formula is C8H14N2S. The molecule has 1 saturated heterocycles. The van der Waals surface area contributed by atoms with Crippen molar-refractivity contribution in [2.45, 2.75) is 18.7 Å². The van der Waals surface area contributed by atoms with Crippen molar-refractivity contribution in [3.05, 3.63) is 11.1 Å². The lowest BCUT2D eigenvalue weighted by Gasteiger charge is -2.30. The first kappa shape index (κ1) is 7.50. The van der Waals surface area contributed by atoms with Crippen molar-refractivity contribution >= 4 is 11.8 Å². The van der Waals surface area contributed by atoms with Gasteiger partial charge in [0.15, 0.2) is 0 Å². The van der Waals surface area contributed by atoms with E-state index in [1.807, 2.05) is 11.8 Å². The van der Waals surface area contributed by atoms with Gasteiger partial charge in [0.1, 0.15) is 0 Å². The highest BCUT2D eigenvalue weighted by atomic mass is 32.2. The highest BCUT2D eigenvalue weighted by molar-refractivity contribution is 8.03. The van der Waals surface area contributed by atoms with Gasteiger partial charge in [-0.3, -0.25) is 4.90 Å². The van der Waals surface area contributed by atoms with Gasteiger partial charge in [0.25, 0.3) is 0 Å². The summed E-state index contributed by atoms with van der Waals surface area (Å²) in [6.45, 7) is 5.96. The van der Waals surface area contributed by atoms with E-state index in [0.717, 1.165) is 0 Å². The van der Waals surface area contributed by atoms with Gasteiger partial charge in [-0.15, -0.1) is 11.8 Å². The van der Waals surface area contributed by atoms with E-state index in [0.29, 0.717) is 5.37 Å². The van der Waals surface area contributed by atoms with E-state index in [9.17, 15) is 0 Å². The maximum atomic E-state index is 3.30. The summed E-state index contributed by atoms with van der Waals surface area (Å²) in [6, 6.07) is 0. The second kappa shape index (κ2) is 3.07. The molecule has 0 aromatic rings. The molecule has 2 heterocycles. The van der Waals surface area contributed by atoms with Gasteiger partial charge in [-0.2, -0.15) is 0 Å². The van der Waals surface area contributed by atoms with Crippen LogP contribution in [-0.2, 0) is 0 Å². The molecule has 0 bridgehead atoms. The Morgan fingerprint density at radius 3 is 3.00 bits per heavy atom. The minimum atomic E-state index is 0.589. The number of likely N-dealkylation sites (tertiary alicyclic amines) is 1. The Balaban J connectivity index is 1.77. The Kier molecular flexibility index (Phi) is 2.09. The fourth-order valence-electron chi connectivity index (χ4n) is 1.35. The normalized spacial score (nSPS) is 31.0. The van der Waals surface area contributed by atoms with Crippen molar-refractivity contribution in [3.63, 3.8) is 0 Å². The Labute approximate surface area is 72.0 Å². The number of rotatable bonds is 2. The van der Waals surface area contributed by atoms with Gasteiger partial charge >= 0.3 is 0 Å². The van der Waals surface area contributed by atoms with E-state index < -0.39 is 0 Å². The van der Waals surface area contributed by atoms with Crippen LogP contribution < -0.4 is 5.32 Å². The molecule has 0 spiro atoms. The van der Waals surface area contributed by atoms with E-state index in [1.165, 1.54) is 31.0 Å². The Hall–Kier alpha value is -0.150. The summed E-state index contributed by atoms with van der Waals surface area (Å²) in [5.41, 5.74) is 0. The lowest BCUT2D eigenvalue weighted by atomic mass is 10.2. The van der Waals surface area contributed by atoms with Crippen molar-refractivity contribution in [3.8, 4) is 0 Å². The Morgan fingerprint density at radius 1 is 1.73 bits per heavy atom. The van der Waals surface area contributed by atoms with Gasteiger partial charge in [0, 0.05) is 17.6 Å². The van der Waals surface area contributed by atoms with Crippen LogP contribution in [-0.4, -0.2) is 29.9 Å². The minimum absolute atomic E-state index is 0.589. The second-order valence-electron chi connectivity index (χ2n) is 3.17. The van der Waals surface area contributed by atoms with E-state index >= 15 is 0 Å². The van der Waals surface area contributed by atoms with Gasteiger partial charge in [-0.25, -0.2) is 0 Å². The molecule has 0 saturated carbocycles. The topological polar surface area (TPSA) is 15.3 Å². The highest BCUT2D eigenvalue weighted by Gasteiger charge is 2.18. The molecule has 11 heavy (non-hydrogen) atoms. The summed E-state index contributed by atoms with van der Waals surface area (Å²) in [7, 11) is 0.